The summed E-state index contributed by atoms with van der Waals surface area (Å²) >= 11 is 0. The number of likely N-dealkylation sites (N-methyl/N-ethyl adjacent to an activating group) is 1. The van der Waals surface area contributed by atoms with Crippen molar-refractivity contribution in [1.29, 1.82) is 0 Å². The van der Waals surface area contributed by atoms with Gasteiger partial charge in [0.1, 0.15) is 0 Å². The highest BCUT2D eigenvalue weighted by Crippen LogP contribution is 2.08. The van der Waals surface area contributed by atoms with Crippen molar-refractivity contribution < 1.29 is 14.5 Å². The van der Waals surface area contributed by atoms with Crippen LogP contribution in [0.5, 0.6) is 0 Å². The summed E-state index contributed by atoms with van der Waals surface area (Å²) in [5, 5.41) is 5.71. The van der Waals surface area contributed by atoms with Crippen molar-refractivity contribution >= 4 is 23.2 Å². The van der Waals surface area contributed by atoms with Gasteiger partial charge in [0.25, 0.3) is 11.8 Å². The fourth-order valence-corrected chi connectivity index (χ4v) is 2.24. The average molecular weight is 326 g/mol. The Morgan fingerprint density at radius 2 is 1.54 bits per heavy atom. The molecule has 0 bridgehead atoms. The minimum atomic E-state index is -0.339. The SMILES string of the molecule is Cc1ccc(NC(=O)C[NH+](C)[C@H](C)C(=O)Nc2ccccc2)cc1. The molecule has 3 N–H and O–H groups in total. The van der Waals surface area contributed by atoms with E-state index >= 15 is 0 Å². The first-order chi connectivity index (χ1) is 11.5. The summed E-state index contributed by atoms with van der Waals surface area (Å²) in [5.41, 5.74) is 2.66. The fourth-order valence-electron chi connectivity index (χ4n) is 2.24. The van der Waals surface area contributed by atoms with E-state index in [2.05, 4.69) is 10.6 Å². The van der Waals surface area contributed by atoms with Gasteiger partial charge in [0, 0.05) is 11.4 Å². The van der Waals surface area contributed by atoms with E-state index in [-0.39, 0.29) is 24.4 Å². The highest BCUT2D eigenvalue weighted by Gasteiger charge is 2.23. The van der Waals surface area contributed by atoms with Crippen LogP contribution in [-0.4, -0.2) is 31.4 Å². The molecular formula is C19H24N3O2+. The molecule has 2 atom stereocenters. The zero-order valence-corrected chi connectivity index (χ0v) is 14.3. The molecule has 0 saturated carbocycles. The normalized spacial score (nSPS) is 13.0. The van der Waals surface area contributed by atoms with Crippen molar-refractivity contribution in [3.8, 4) is 0 Å². The summed E-state index contributed by atoms with van der Waals surface area (Å²) in [6.07, 6.45) is 0. The molecule has 0 aliphatic carbocycles. The van der Waals surface area contributed by atoms with Crippen molar-refractivity contribution in [1.82, 2.24) is 0 Å². The van der Waals surface area contributed by atoms with Gasteiger partial charge in [0.2, 0.25) is 0 Å². The molecule has 0 aliphatic rings. The third kappa shape index (κ3) is 5.21. The third-order valence-corrected chi connectivity index (χ3v) is 3.95. The molecule has 1 unspecified atom stereocenters. The fraction of sp³-hybridized carbons (Fsp3) is 0.263. The van der Waals surface area contributed by atoms with E-state index in [9.17, 15) is 9.59 Å². The van der Waals surface area contributed by atoms with Crippen molar-refractivity contribution in [2.24, 2.45) is 0 Å². The number of anilines is 2. The van der Waals surface area contributed by atoms with Gasteiger partial charge in [0.05, 0.1) is 7.05 Å². The number of nitrogens with one attached hydrogen (secondary N) is 3. The maximum Gasteiger partial charge on any atom is 0.282 e. The van der Waals surface area contributed by atoms with Gasteiger partial charge < -0.3 is 15.5 Å². The van der Waals surface area contributed by atoms with Crippen molar-refractivity contribution in [2.75, 3.05) is 24.2 Å². The Labute approximate surface area is 142 Å². The van der Waals surface area contributed by atoms with E-state index in [1.54, 1.807) is 0 Å². The number of hydrogen-bond donors (Lipinski definition) is 3. The first-order valence-corrected chi connectivity index (χ1v) is 8.00. The lowest BCUT2D eigenvalue weighted by molar-refractivity contribution is -0.885. The minimum Gasteiger partial charge on any atom is -0.321 e. The Morgan fingerprint density at radius 3 is 2.17 bits per heavy atom. The molecule has 5 heteroatoms. The molecule has 5 nitrogen and oxygen atoms in total. The first kappa shape index (κ1) is 17.7. The van der Waals surface area contributed by atoms with Crippen LogP contribution in [0.1, 0.15) is 12.5 Å². The summed E-state index contributed by atoms with van der Waals surface area (Å²) in [6.45, 7) is 4.03. The zero-order valence-electron chi connectivity index (χ0n) is 14.3. The summed E-state index contributed by atoms with van der Waals surface area (Å²) < 4.78 is 0. The number of aryl methyl sites for hydroxylation is 1. The number of para-hydroxylation sites is 1. The van der Waals surface area contributed by atoms with Crippen LogP contribution in [0.25, 0.3) is 0 Å². The summed E-state index contributed by atoms with van der Waals surface area (Å²) in [6, 6.07) is 16.6. The number of quaternary nitrogens is 1. The van der Waals surface area contributed by atoms with Crippen molar-refractivity contribution in [2.45, 2.75) is 19.9 Å². The van der Waals surface area contributed by atoms with Gasteiger partial charge in [-0.2, -0.15) is 0 Å². The second-order valence-corrected chi connectivity index (χ2v) is 6.01. The standard InChI is InChI=1S/C19H23N3O2/c1-14-9-11-17(12-10-14)20-18(23)13-22(3)15(2)19(24)21-16-7-5-4-6-8-16/h4-12,15H,13H2,1-3H3,(H,20,23)(H,21,24)/p+1/t15-/m1/s1. The summed E-state index contributed by atoms with van der Waals surface area (Å²) in [4.78, 5) is 25.2. The maximum atomic E-state index is 12.3. The third-order valence-electron chi connectivity index (χ3n) is 3.95. The molecule has 2 aromatic carbocycles. The Morgan fingerprint density at radius 1 is 0.958 bits per heavy atom. The molecule has 24 heavy (non-hydrogen) atoms. The molecular weight excluding hydrogens is 302 g/mol. The van der Waals surface area contributed by atoms with E-state index < -0.39 is 0 Å². The van der Waals surface area contributed by atoms with E-state index in [0.717, 1.165) is 21.8 Å². The van der Waals surface area contributed by atoms with Gasteiger partial charge in [0.15, 0.2) is 12.6 Å². The number of carbonyl (C=O) groups is 2. The van der Waals surface area contributed by atoms with Crippen LogP contribution in [0.15, 0.2) is 54.6 Å². The first-order valence-electron chi connectivity index (χ1n) is 8.00. The molecule has 0 aliphatic heterocycles. The predicted octanol–water partition coefficient (Wildman–Crippen LogP) is 1.48. The van der Waals surface area contributed by atoms with E-state index in [1.165, 1.54) is 0 Å². The number of amides is 2. The summed E-state index contributed by atoms with van der Waals surface area (Å²) in [7, 11) is 1.84. The molecule has 126 valence electrons. The number of rotatable bonds is 6. The molecule has 0 fully saturated rings. The van der Waals surface area contributed by atoms with Crippen LogP contribution in [0.2, 0.25) is 0 Å². The van der Waals surface area contributed by atoms with E-state index in [1.807, 2.05) is 75.5 Å². The van der Waals surface area contributed by atoms with Gasteiger partial charge >= 0.3 is 0 Å². The van der Waals surface area contributed by atoms with Crippen LogP contribution >= 0.6 is 0 Å². The maximum absolute atomic E-state index is 12.3. The quantitative estimate of drug-likeness (QED) is 0.753. The van der Waals surface area contributed by atoms with Gasteiger partial charge in [-0.25, -0.2) is 0 Å². The van der Waals surface area contributed by atoms with Crippen LogP contribution in [0.4, 0.5) is 11.4 Å². The highest BCUT2D eigenvalue weighted by molar-refractivity contribution is 5.94. The Kier molecular flexibility index (Phi) is 6.09. The highest BCUT2D eigenvalue weighted by atomic mass is 16.2. The summed E-state index contributed by atoms with van der Waals surface area (Å²) in [5.74, 6) is -0.224. The smallest absolute Gasteiger partial charge is 0.282 e. The molecule has 2 aromatic rings. The molecule has 0 radical (unpaired) electrons. The Hall–Kier alpha value is -2.66. The van der Waals surface area contributed by atoms with E-state index in [4.69, 9.17) is 0 Å². The predicted molar refractivity (Wildman–Crippen MR) is 96.1 cm³/mol. The van der Waals surface area contributed by atoms with Gasteiger partial charge in [-0.1, -0.05) is 35.9 Å². The van der Waals surface area contributed by atoms with Crippen LogP contribution in [-0.2, 0) is 9.59 Å². The Balaban J connectivity index is 1.86. The number of hydrogen-bond acceptors (Lipinski definition) is 2. The van der Waals surface area contributed by atoms with Gasteiger partial charge in [-0.05, 0) is 38.1 Å². The van der Waals surface area contributed by atoms with Crippen LogP contribution in [0.3, 0.4) is 0 Å². The Bertz CT molecular complexity index is 684. The van der Waals surface area contributed by atoms with Crippen LogP contribution < -0.4 is 15.5 Å². The second-order valence-electron chi connectivity index (χ2n) is 6.01. The molecule has 0 aromatic heterocycles. The largest absolute Gasteiger partial charge is 0.321 e. The zero-order chi connectivity index (χ0) is 17.5. The van der Waals surface area contributed by atoms with Gasteiger partial charge in [-0.3, -0.25) is 9.59 Å². The molecule has 0 spiro atoms. The van der Waals surface area contributed by atoms with E-state index in [0.29, 0.717) is 0 Å². The molecule has 2 rings (SSSR count). The van der Waals surface area contributed by atoms with Crippen LogP contribution in [0, 0.1) is 6.92 Å². The molecule has 0 heterocycles. The second kappa shape index (κ2) is 8.26. The van der Waals surface area contributed by atoms with Crippen molar-refractivity contribution in [3.05, 3.63) is 60.2 Å². The van der Waals surface area contributed by atoms with Gasteiger partial charge in [-0.15, -0.1) is 0 Å². The topological polar surface area (TPSA) is 62.6 Å². The lowest BCUT2D eigenvalue weighted by Crippen LogP contribution is -3.14. The lowest BCUT2D eigenvalue weighted by atomic mass is 10.2. The molecule has 0 saturated heterocycles. The molecule has 2 amide bonds. The monoisotopic (exact) mass is 326 g/mol. The van der Waals surface area contributed by atoms with Crippen molar-refractivity contribution in [3.63, 3.8) is 0 Å². The number of carbonyl (C=O) groups excluding carboxylic acids is 2. The average Bonchev–Trinajstić information content (AvgIpc) is 2.57. The lowest BCUT2D eigenvalue weighted by Gasteiger charge is -2.20. The number of benzene rings is 2. The minimum absolute atomic E-state index is 0.109.